The Morgan fingerprint density at radius 3 is 2.13 bits per heavy atom. The molecular formula is C11H9FO3. The van der Waals surface area contributed by atoms with Gasteiger partial charge in [-0.1, -0.05) is 0 Å². The lowest BCUT2D eigenvalue weighted by Gasteiger charge is -2.07. The van der Waals surface area contributed by atoms with Crippen LogP contribution < -0.4 is 0 Å². The van der Waals surface area contributed by atoms with Gasteiger partial charge in [0.25, 0.3) is 0 Å². The molecule has 2 rings (SSSR count). The predicted molar refractivity (Wildman–Crippen MR) is 50.0 cm³/mol. The lowest BCUT2D eigenvalue weighted by molar-refractivity contribution is -0.141. The zero-order valence-corrected chi connectivity index (χ0v) is 7.87. The maximum atomic E-state index is 12.6. The van der Waals surface area contributed by atoms with E-state index in [0.29, 0.717) is 12.8 Å². The van der Waals surface area contributed by atoms with Crippen molar-refractivity contribution < 1.29 is 19.1 Å². The number of benzene rings is 1. The molecule has 4 heteroatoms. The molecule has 0 saturated heterocycles. The molecule has 1 aromatic carbocycles. The van der Waals surface area contributed by atoms with Crippen molar-refractivity contribution in [3.63, 3.8) is 0 Å². The zero-order chi connectivity index (χ0) is 11.1. The Kier molecular flexibility index (Phi) is 2.07. The van der Waals surface area contributed by atoms with Gasteiger partial charge in [0.15, 0.2) is 5.78 Å². The van der Waals surface area contributed by atoms with Gasteiger partial charge in [0.1, 0.15) is 11.2 Å². The number of hydrogen-bond donors (Lipinski definition) is 1. The highest BCUT2D eigenvalue weighted by atomic mass is 19.1. The Morgan fingerprint density at radius 2 is 1.73 bits per heavy atom. The van der Waals surface area contributed by atoms with Gasteiger partial charge in [0, 0.05) is 5.56 Å². The van der Waals surface area contributed by atoms with Crippen LogP contribution in [0.2, 0.25) is 0 Å². The van der Waals surface area contributed by atoms with Gasteiger partial charge in [-0.05, 0) is 37.1 Å². The standard InChI is InChI=1S/C11H9FO3/c12-8-3-1-7(2-4-8)9(13)11(5-6-11)10(14)15/h1-4H,5-6H2,(H,14,15). The Balaban J connectivity index is 2.29. The minimum absolute atomic E-state index is 0.260. The van der Waals surface area contributed by atoms with Gasteiger partial charge in [-0.15, -0.1) is 0 Å². The summed E-state index contributed by atoms with van der Waals surface area (Å²) in [6.07, 6.45) is 0.747. The van der Waals surface area contributed by atoms with Crippen molar-refractivity contribution >= 4 is 11.8 Å². The molecular weight excluding hydrogens is 199 g/mol. The number of ketones is 1. The molecule has 78 valence electrons. The van der Waals surface area contributed by atoms with E-state index in [0.717, 1.165) is 12.1 Å². The lowest BCUT2D eigenvalue weighted by atomic mass is 9.95. The fraction of sp³-hybridized carbons (Fsp3) is 0.273. The summed E-state index contributed by atoms with van der Waals surface area (Å²) in [5.41, 5.74) is -0.978. The van der Waals surface area contributed by atoms with E-state index in [-0.39, 0.29) is 5.56 Å². The number of carbonyl (C=O) groups is 2. The van der Waals surface area contributed by atoms with Gasteiger partial charge in [-0.25, -0.2) is 4.39 Å². The van der Waals surface area contributed by atoms with E-state index in [4.69, 9.17) is 5.11 Å². The molecule has 3 nitrogen and oxygen atoms in total. The fourth-order valence-electron chi connectivity index (χ4n) is 1.54. The number of rotatable bonds is 3. The highest BCUT2D eigenvalue weighted by Crippen LogP contribution is 2.48. The van der Waals surface area contributed by atoms with Crippen LogP contribution in [0.15, 0.2) is 24.3 Å². The van der Waals surface area contributed by atoms with Crippen LogP contribution in [0.25, 0.3) is 0 Å². The number of halogens is 1. The molecule has 0 heterocycles. The van der Waals surface area contributed by atoms with Crippen molar-refractivity contribution in [1.82, 2.24) is 0 Å². The van der Waals surface area contributed by atoms with Crippen molar-refractivity contribution in [2.45, 2.75) is 12.8 Å². The predicted octanol–water partition coefficient (Wildman–Crippen LogP) is 1.87. The monoisotopic (exact) mass is 208 g/mol. The average Bonchev–Trinajstić information content (AvgIpc) is 2.98. The van der Waals surface area contributed by atoms with Crippen LogP contribution in [-0.2, 0) is 4.79 Å². The van der Waals surface area contributed by atoms with Crippen molar-refractivity contribution in [2.75, 3.05) is 0 Å². The van der Waals surface area contributed by atoms with Crippen LogP contribution >= 0.6 is 0 Å². The molecule has 0 unspecified atom stereocenters. The number of carboxylic acids is 1. The minimum atomic E-state index is -1.24. The molecule has 0 atom stereocenters. The summed E-state index contributed by atoms with van der Waals surface area (Å²) in [6.45, 7) is 0. The molecule has 0 aliphatic heterocycles. The summed E-state index contributed by atoms with van der Waals surface area (Å²) < 4.78 is 12.6. The molecule has 0 radical (unpaired) electrons. The van der Waals surface area contributed by atoms with E-state index in [1.165, 1.54) is 12.1 Å². The maximum Gasteiger partial charge on any atom is 0.317 e. The van der Waals surface area contributed by atoms with E-state index >= 15 is 0 Å². The van der Waals surface area contributed by atoms with Gasteiger partial charge in [0.05, 0.1) is 0 Å². The van der Waals surface area contributed by atoms with Gasteiger partial charge in [-0.2, -0.15) is 0 Å². The van der Waals surface area contributed by atoms with E-state index in [1.54, 1.807) is 0 Å². The molecule has 15 heavy (non-hydrogen) atoms. The van der Waals surface area contributed by atoms with Crippen LogP contribution in [0.1, 0.15) is 23.2 Å². The summed E-state index contributed by atoms with van der Waals surface area (Å²) in [5.74, 6) is -1.95. The molecule has 1 saturated carbocycles. The van der Waals surface area contributed by atoms with Gasteiger partial charge in [-0.3, -0.25) is 9.59 Å². The second kappa shape index (κ2) is 3.15. The topological polar surface area (TPSA) is 54.4 Å². The molecule has 1 aliphatic rings. The molecule has 1 aliphatic carbocycles. The molecule has 0 amide bonds. The summed E-state index contributed by atoms with van der Waals surface area (Å²) in [6, 6.07) is 4.96. The highest BCUT2D eigenvalue weighted by molar-refractivity contribution is 6.14. The third-order valence-electron chi connectivity index (χ3n) is 2.70. The first-order valence-corrected chi connectivity index (χ1v) is 4.60. The van der Waals surface area contributed by atoms with Crippen LogP contribution in [0.3, 0.4) is 0 Å². The van der Waals surface area contributed by atoms with Crippen LogP contribution in [0.4, 0.5) is 4.39 Å². The van der Waals surface area contributed by atoms with Crippen LogP contribution in [-0.4, -0.2) is 16.9 Å². The summed E-state index contributed by atoms with van der Waals surface area (Å²) in [4.78, 5) is 22.6. The quantitative estimate of drug-likeness (QED) is 0.609. The minimum Gasteiger partial charge on any atom is -0.480 e. The second-order valence-electron chi connectivity index (χ2n) is 3.72. The van der Waals surface area contributed by atoms with Crippen molar-refractivity contribution in [3.8, 4) is 0 Å². The third kappa shape index (κ3) is 1.52. The zero-order valence-electron chi connectivity index (χ0n) is 7.87. The summed E-state index contributed by atoms with van der Waals surface area (Å²) in [7, 11) is 0. The average molecular weight is 208 g/mol. The number of aliphatic carboxylic acids is 1. The Hall–Kier alpha value is -1.71. The van der Waals surface area contributed by atoms with Gasteiger partial charge >= 0.3 is 5.97 Å². The molecule has 1 fully saturated rings. The van der Waals surface area contributed by atoms with E-state index < -0.39 is 23.0 Å². The van der Waals surface area contributed by atoms with Gasteiger partial charge < -0.3 is 5.11 Å². The number of carboxylic acid groups (broad SMARTS) is 1. The molecule has 1 aromatic rings. The molecule has 0 spiro atoms. The van der Waals surface area contributed by atoms with Crippen molar-refractivity contribution in [3.05, 3.63) is 35.6 Å². The van der Waals surface area contributed by atoms with Gasteiger partial charge in [0.2, 0.25) is 0 Å². The first-order chi connectivity index (χ1) is 7.06. The first-order valence-electron chi connectivity index (χ1n) is 4.60. The number of Topliss-reactive ketones (excluding diaryl/α,β-unsaturated/α-hetero) is 1. The fourth-order valence-corrected chi connectivity index (χ4v) is 1.54. The maximum absolute atomic E-state index is 12.6. The molecule has 1 N–H and O–H groups in total. The Labute approximate surface area is 85.5 Å². The van der Waals surface area contributed by atoms with Crippen molar-refractivity contribution in [1.29, 1.82) is 0 Å². The molecule has 0 bridgehead atoms. The van der Waals surface area contributed by atoms with Crippen LogP contribution in [0, 0.1) is 11.2 Å². The Morgan fingerprint density at radius 1 is 1.20 bits per heavy atom. The van der Waals surface area contributed by atoms with E-state index in [2.05, 4.69) is 0 Å². The summed E-state index contributed by atoms with van der Waals surface area (Å²) in [5, 5.41) is 8.90. The lowest BCUT2D eigenvalue weighted by Crippen LogP contribution is -2.25. The molecule has 0 aromatic heterocycles. The largest absolute Gasteiger partial charge is 0.480 e. The second-order valence-corrected chi connectivity index (χ2v) is 3.72. The first kappa shape index (κ1) is 9.83. The smallest absolute Gasteiger partial charge is 0.317 e. The highest BCUT2D eigenvalue weighted by Gasteiger charge is 2.56. The van der Waals surface area contributed by atoms with E-state index in [1.807, 2.05) is 0 Å². The number of hydrogen-bond acceptors (Lipinski definition) is 2. The Bertz CT molecular complexity index is 418. The summed E-state index contributed by atoms with van der Waals surface area (Å²) >= 11 is 0. The van der Waals surface area contributed by atoms with Crippen LogP contribution in [0.5, 0.6) is 0 Å². The van der Waals surface area contributed by atoms with E-state index in [9.17, 15) is 14.0 Å². The third-order valence-corrected chi connectivity index (χ3v) is 2.70. The normalized spacial score (nSPS) is 17.1. The number of carbonyl (C=O) groups excluding carboxylic acids is 1. The van der Waals surface area contributed by atoms with Crippen molar-refractivity contribution in [2.24, 2.45) is 5.41 Å². The SMILES string of the molecule is O=C(O)C1(C(=O)c2ccc(F)cc2)CC1.